The molecule has 54 valence electrons. The van der Waals surface area contributed by atoms with Crippen molar-refractivity contribution in [2.24, 2.45) is 0 Å². The van der Waals surface area contributed by atoms with Gasteiger partial charge in [-0.05, 0) is 5.92 Å². The molecule has 0 bridgehead atoms. The summed E-state index contributed by atoms with van der Waals surface area (Å²) >= 11 is 0. The Morgan fingerprint density at radius 1 is 1.55 bits per heavy atom. The molecule has 0 unspecified atom stereocenters. The summed E-state index contributed by atoms with van der Waals surface area (Å²) in [5.74, 6) is 0.290. The molecular weight excluding hydrogens is 212 g/mol. The molecular formula is C8H10NORb. The SMILES string of the molecule is CC(C)c1cc[c-][nH]c1=O.[Rb+]. The van der Waals surface area contributed by atoms with E-state index in [1.807, 2.05) is 13.8 Å². The van der Waals surface area contributed by atoms with Crippen LogP contribution >= 0.6 is 0 Å². The van der Waals surface area contributed by atoms with Gasteiger partial charge in [0.2, 0.25) is 0 Å². The second-order valence-electron chi connectivity index (χ2n) is 2.54. The van der Waals surface area contributed by atoms with Crippen LogP contribution in [0.2, 0.25) is 0 Å². The van der Waals surface area contributed by atoms with Crippen LogP contribution in [0.3, 0.4) is 0 Å². The van der Waals surface area contributed by atoms with Gasteiger partial charge in [-0.15, -0.1) is 6.20 Å². The van der Waals surface area contributed by atoms with Gasteiger partial charge in [-0.1, -0.05) is 19.4 Å². The van der Waals surface area contributed by atoms with Crippen LogP contribution in [0.15, 0.2) is 16.9 Å². The number of rotatable bonds is 1. The van der Waals surface area contributed by atoms with Gasteiger partial charge in [0, 0.05) is 0 Å². The summed E-state index contributed by atoms with van der Waals surface area (Å²) < 4.78 is 0. The summed E-state index contributed by atoms with van der Waals surface area (Å²) in [6.07, 6.45) is 2.62. The van der Waals surface area contributed by atoms with Crippen molar-refractivity contribution in [1.29, 1.82) is 0 Å². The van der Waals surface area contributed by atoms with E-state index in [2.05, 4.69) is 11.2 Å². The monoisotopic (exact) mass is 221 g/mol. The van der Waals surface area contributed by atoms with Crippen molar-refractivity contribution in [2.75, 3.05) is 0 Å². The van der Waals surface area contributed by atoms with Gasteiger partial charge in [0.1, 0.15) is 5.56 Å². The van der Waals surface area contributed by atoms with Crippen LogP contribution in [0, 0.1) is 6.20 Å². The molecule has 0 amide bonds. The third-order valence-corrected chi connectivity index (χ3v) is 1.42. The number of pyridine rings is 1. The first-order chi connectivity index (χ1) is 4.72. The van der Waals surface area contributed by atoms with Crippen LogP contribution in [0.25, 0.3) is 0 Å². The number of nitrogens with one attached hydrogen (secondary N) is 1. The Kier molecular flexibility index (Phi) is 5.78. The molecule has 1 N–H and O–H groups in total. The number of aromatic nitrogens is 1. The number of hydrogen-bond donors (Lipinski definition) is 1. The maximum Gasteiger partial charge on any atom is 1.00 e. The summed E-state index contributed by atoms with van der Waals surface area (Å²) in [5.41, 5.74) is 0.788. The van der Waals surface area contributed by atoms with E-state index in [9.17, 15) is 4.79 Å². The maximum absolute atomic E-state index is 11.0. The van der Waals surface area contributed by atoms with E-state index in [1.165, 1.54) is 0 Å². The zero-order chi connectivity index (χ0) is 7.56. The Balaban J connectivity index is 0.000001000. The smallest absolute Gasteiger partial charge is 0.437 e. The van der Waals surface area contributed by atoms with Crippen LogP contribution in [0.5, 0.6) is 0 Å². The molecule has 0 aliphatic carbocycles. The van der Waals surface area contributed by atoms with Crippen molar-refractivity contribution < 1.29 is 58.2 Å². The van der Waals surface area contributed by atoms with Gasteiger partial charge in [0.05, 0.1) is 0 Å². The minimum absolute atomic E-state index is 0. The Morgan fingerprint density at radius 2 is 2.18 bits per heavy atom. The largest absolute Gasteiger partial charge is 1.00 e. The Hall–Kier alpha value is 0.755. The molecule has 1 aromatic rings. The molecule has 0 aliphatic heterocycles. The Labute approximate surface area is 115 Å². The van der Waals surface area contributed by atoms with Gasteiger partial charge in [-0.25, -0.2) is 0 Å². The zero-order valence-electron chi connectivity index (χ0n) is 7.14. The first-order valence-corrected chi connectivity index (χ1v) is 3.31. The van der Waals surface area contributed by atoms with Gasteiger partial charge < -0.3 is 9.78 Å². The van der Waals surface area contributed by atoms with E-state index in [0.29, 0.717) is 5.92 Å². The van der Waals surface area contributed by atoms with E-state index >= 15 is 0 Å². The minimum Gasteiger partial charge on any atom is -0.437 e. The number of H-pyrrole nitrogens is 1. The fourth-order valence-electron chi connectivity index (χ4n) is 0.841. The van der Waals surface area contributed by atoms with E-state index < -0.39 is 0 Å². The minimum atomic E-state index is -0.0301. The molecule has 0 spiro atoms. The van der Waals surface area contributed by atoms with Crippen LogP contribution in [-0.4, -0.2) is 4.98 Å². The van der Waals surface area contributed by atoms with Crippen LogP contribution in [0.1, 0.15) is 25.3 Å². The molecule has 0 saturated heterocycles. The van der Waals surface area contributed by atoms with E-state index in [1.54, 1.807) is 12.1 Å². The second kappa shape index (κ2) is 5.41. The second-order valence-corrected chi connectivity index (χ2v) is 2.54. The molecule has 0 atom stereocenters. The molecule has 0 aliphatic rings. The topological polar surface area (TPSA) is 32.9 Å². The molecule has 11 heavy (non-hydrogen) atoms. The van der Waals surface area contributed by atoms with Gasteiger partial charge in [-0.2, -0.15) is 12.1 Å². The van der Waals surface area contributed by atoms with Crippen molar-refractivity contribution in [1.82, 2.24) is 4.98 Å². The maximum atomic E-state index is 11.0. The van der Waals surface area contributed by atoms with E-state index in [4.69, 9.17) is 0 Å². The van der Waals surface area contributed by atoms with Crippen molar-refractivity contribution in [3.05, 3.63) is 34.2 Å². The molecule has 0 aromatic carbocycles. The molecule has 1 aromatic heterocycles. The molecule has 3 heteroatoms. The molecule has 0 saturated carbocycles. The molecule has 2 nitrogen and oxygen atoms in total. The van der Waals surface area contributed by atoms with Crippen LogP contribution in [-0.2, 0) is 0 Å². The quantitative estimate of drug-likeness (QED) is 0.564. The molecule has 0 radical (unpaired) electrons. The standard InChI is InChI=1S/C8H10NO.Rb/c1-6(2)7-4-3-5-9-8(7)10;/h3-4,6H,1-2H3,(H,9,10);/q-1;+1. The average molecular weight is 222 g/mol. The Bertz CT molecular complexity index is 267. The van der Waals surface area contributed by atoms with Gasteiger partial charge in [-0.3, -0.25) is 0 Å². The van der Waals surface area contributed by atoms with Gasteiger partial charge in [0.25, 0.3) is 0 Å². The molecule has 1 heterocycles. The average Bonchev–Trinajstić information content (AvgIpc) is 1.88. The summed E-state index contributed by atoms with van der Waals surface area (Å²) in [5, 5.41) is 0. The van der Waals surface area contributed by atoms with Crippen molar-refractivity contribution in [3.63, 3.8) is 0 Å². The van der Waals surface area contributed by atoms with E-state index in [-0.39, 0.29) is 63.7 Å². The third-order valence-electron chi connectivity index (χ3n) is 1.42. The summed E-state index contributed by atoms with van der Waals surface area (Å²) in [6.45, 7) is 3.98. The zero-order valence-corrected chi connectivity index (χ0v) is 12.1. The molecule has 0 fully saturated rings. The third kappa shape index (κ3) is 3.32. The fraction of sp³-hybridized carbons (Fsp3) is 0.375. The predicted octanol–water partition coefficient (Wildman–Crippen LogP) is -1.70. The van der Waals surface area contributed by atoms with Crippen molar-refractivity contribution >= 4 is 0 Å². The van der Waals surface area contributed by atoms with Crippen molar-refractivity contribution in [3.8, 4) is 0 Å². The fourth-order valence-corrected chi connectivity index (χ4v) is 0.841. The Morgan fingerprint density at radius 3 is 2.55 bits per heavy atom. The van der Waals surface area contributed by atoms with E-state index in [0.717, 1.165) is 5.56 Å². The summed E-state index contributed by atoms with van der Waals surface area (Å²) in [4.78, 5) is 13.5. The van der Waals surface area contributed by atoms with Crippen LogP contribution < -0.4 is 63.7 Å². The number of hydrogen-bond acceptors (Lipinski definition) is 1. The summed E-state index contributed by atoms with van der Waals surface area (Å²) in [6, 6.07) is 3.51. The molecule has 1 rings (SSSR count). The van der Waals surface area contributed by atoms with Gasteiger partial charge in [0.15, 0.2) is 0 Å². The van der Waals surface area contributed by atoms with Gasteiger partial charge >= 0.3 is 58.2 Å². The first kappa shape index (κ1) is 11.8. The van der Waals surface area contributed by atoms with Crippen LogP contribution in [0.4, 0.5) is 0 Å². The van der Waals surface area contributed by atoms with Crippen molar-refractivity contribution in [2.45, 2.75) is 19.8 Å². The normalized spacial score (nSPS) is 9.36. The summed E-state index contributed by atoms with van der Waals surface area (Å²) in [7, 11) is 0. The first-order valence-electron chi connectivity index (χ1n) is 3.31. The predicted molar refractivity (Wildman–Crippen MR) is 40.0 cm³/mol. The number of aromatic amines is 1.